The minimum absolute atomic E-state index is 0.372. The van der Waals surface area contributed by atoms with E-state index in [0.717, 1.165) is 50.7 Å². The summed E-state index contributed by atoms with van der Waals surface area (Å²) in [5, 5.41) is 0. The van der Waals surface area contributed by atoms with Crippen LogP contribution in [-0.4, -0.2) is 35.0 Å². The van der Waals surface area contributed by atoms with E-state index in [0.29, 0.717) is 25.7 Å². The number of hydrogen-bond acceptors (Lipinski definition) is 6. The second-order valence-electron chi connectivity index (χ2n) is 7.01. The van der Waals surface area contributed by atoms with E-state index in [9.17, 15) is 19.2 Å². The van der Waals surface area contributed by atoms with Crippen LogP contribution < -0.4 is 11.5 Å². The molecule has 2 aliphatic rings. The summed E-state index contributed by atoms with van der Waals surface area (Å²) in [5.74, 6) is -3.06. The largest absolute Gasteiger partial charge is 0.446 e. The van der Waals surface area contributed by atoms with Gasteiger partial charge in [-0.25, -0.2) is 9.59 Å². The first-order valence-corrected chi connectivity index (χ1v) is 9.04. The van der Waals surface area contributed by atoms with Crippen molar-refractivity contribution in [2.24, 2.45) is 11.5 Å². The van der Waals surface area contributed by atoms with Gasteiger partial charge in [0.05, 0.1) is 0 Å². The van der Waals surface area contributed by atoms with E-state index in [-0.39, 0.29) is 0 Å². The lowest BCUT2D eigenvalue weighted by Crippen LogP contribution is -2.49. The SMILES string of the molecule is NC(=O)C1(OC(=O)/C=C\C(=O)OC2(C(N)=O)CCCCC2)CCCCC1. The third-order valence-corrected chi connectivity index (χ3v) is 5.17. The summed E-state index contributed by atoms with van der Waals surface area (Å²) in [6.07, 6.45) is 8.12. The van der Waals surface area contributed by atoms with Crippen molar-refractivity contribution < 1.29 is 28.7 Å². The van der Waals surface area contributed by atoms with E-state index < -0.39 is 35.0 Å². The van der Waals surface area contributed by atoms with E-state index >= 15 is 0 Å². The molecule has 0 bridgehead atoms. The molecule has 0 unspecified atom stereocenters. The van der Waals surface area contributed by atoms with Crippen LogP contribution in [0, 0.1) is 0 Å². The summed E-state index contributed by atoms with van der Waals surface area (Å²) < 4.78 is 10.5. The molecule has 0 aliphatic heterocycles. The summed E-state index contributed by atoms with van der Waals surface area (Å²) >= 11 is 0. The van der Waals surface area contributed by atoms with Gasteiger partial charge in [0.15, 0.2) is 11.2 Å². The lowest BCUT2D eigenvalue weighted by molar-refractivity contribution is -0.168. The van der Waals surface area contributed by atoms with Crippen molar-refractivity contribution in [3.05, 3.63) is 12.2 Å². The Morgan fingerprint density at radius 2 is 0.923 bits per heavy atom. The number of carbonyl (C=O) groups excluding carboxylic acids is 4. The molecular formula is C18H26N2O6. The Morgan fingerprint density at radius 3 is 1.19 bits per heavy atom. The number of hydrogen-bond donors (Lipinski definition) is 2. The zero-order valence-electron chi connectivity index (χ0n) is 14.8. The fourth-order valence-corrected chi connectivity index (χ4v) is 3.63. The molecule has 0 spiro atoms. The van der Waals surface area contributed by atoms with Gasteiger partial charge in [0.25, 0.3) is 11.8 Å². The number of ether oxygens (including phenoxy) is 2. The number of esters is 2. The van der Waals surface area contributed by atoms with E-state index in [4.69, 9.17) is 20.9 Å². The molecule has 2 saturated carbocycles. The Kier molecular flexibility index (Phi) is 6.39. The van der Waals surface area contributed by atoms with E-state index in [1.54, 1.807) is 0 Å². The van der Waals surface area contributed by atoms with Crippen LogP contribution in [0.3, 0.4) is 0 Å². The molecule has 0 aromatic heterocycles. The molecule has 8 nitrogen and oxygen atoms in total. The highest BCUT2D eigenvalue weighted by atomic mass is 16.6. The maximum atomic E-state index is 12.0. The van der Waals surface area contributed by atoms with Gasteiger partial charge < -0.3 is 20.9 Å². The molecule has 0 aromatic rings. The lowest BCUT2D eigenvalue weighted by atomic mass is 9.84. The number of nitrogens with two attached hydrogens (primary N) is 2. The van der Waals surface area contributed by atoms with Crippen molar-refractivity contribution in [3.63, 3.8) is 0 Å². The topological polar surface area (TPSA) is 139 Å². The Bertz CT molecular complexity index is 549. The average molecular weight is 366 g/mol. The summed E-state index contributed by atoms with van der Waals surface area (Å²) in [6.45, 7) is 0. The van der Waals surface area contributed by atoms with Gasteiger partial charge in [0, 0.05) is 12.2 Å². The second kappa shape index (κ2) is 8.33. The molecule has 0 atom stereocenters. The van der Waals surface area contributed by atoms with Crippen molar-refractivity contribution in [2.75, 3.05) is 0 Å². The predicted octanol–water partition coefficient (Wildman–Crippen LogP) is 1.01. The first kappa shape index (κ1) is 19.9. The van der Waals surface area contributed by atoms with Crippen molar-refractivity contribution in [3.8, 4) is 0 Å². The molecule has 2 amide bonds. The number of carbonyl (C=O) groups is 4. The van der Waals surface area contributed by atoms with Crippen LogP contribution in [0.5, 0.6) is 0 Å². The van der Waals surface area contributed by atoms with Gasteiger partial charge in [0.2, 0.25) is 0 Å². The Hall–Kier alpha value is -2.38. The molecule has 0 aromatic carbocycles. The van der Waals surface area contributed by atoms with Crippen molar-refractivity contribution >= 4 is 23.8 Å². The zero-order valence-corrected chi connectivity index (χ0v) is 14.8. The van der Waals surface area contributed by atoms with Crippen LogP contribution >= 0.6 is 0 Å². The Balaban J connectivity index is 1.97. The molecule has 8 heteroatoms. The summed E-state index contributed by atoms with van der Waals surface area (Å²) in [4.78, 5) is 47.4. The minimum atomic E-state index is -1.32. The first-order chi connectivity index (χ1) is 12.3. The summed E-state index contributed by atoms with van der Waals surface area (Å²) in [6, 6.07) is 0. The molecule has 144 valence electrons. The molecule has 0 heterocycles. The first-order valence-electron chi connectivity index (χ1n) is 9.04. The van der Waals surface area contributed by atoms with Crippen molar-refractivity contribution in [2.45, 2.75) is 75.4 Å². The van der Waals surface area contributed by atoms with Gasteiger partial charge in [-0.05, 0) is 51.4 Å². The standard InChI is InChI=1S/C18H26N2O6/c19-15(23)17(9-3-1-4-10-17)25-13(21)7-8-14(22)26-18(16(20)24)11-5-2-6-12-18/h7-8H,1-6,9-12H2,(H2,19,23)(H2,20,24)/b8-7-. The third-order valence-electron chi connectivity index (χ3n) is 5.17. The van der Waals surface area contributed by atoms with Gasteiger partial charge in [-0.3, -0.25) is 9.59 Å². The number of primary amides is 2. The highest BCUT2D eigenvalue weighted by Crippen LogP contribution is 2.32. The molecule has 4 N–H and O–H groups in total. The highest BCUT2D eigenvalue weighted by Gasteiger charge is 2.42. The fraction of sp³-hybridized carbons (Fsp3) is 0.667. The molecule has 2 fully saturated rings. The van der Waals surface area contributed by atoms with Crippen LogP contribution in [0.1, 0.15) is 64.2 Å². The van der Waals surface area contributed by atoms with Crippen LogP contribution in [0.25, 0.3) is 0 Å². The van der Waals surface area contributed by atoms with Gasteiger partial charge in [-0.2, -0.15) is 0 Å². The smallest absolute Gasteiger partial charge is 0.332 e. The van der Waals surface area contributed by atoms with Crippen LogP contribution in [0.15, 0.2) is 12.2 Å². The van der Waals surface area contributed by atoms with Gasteiger partial charge in [0.1, 0.15) is 0 Å². The van der Waals surface area contributed by atoms with Crippen molar-refractivity contribution in [1.82, 2.24) is 0 Å². The van der Waals surface area contributed by atoms with E-state index in [2.05, 4.69) is 0 Å². The molecule has 26 heavy (non-hydrogen) atoms. The molecule has 2 rings (SSSR count). The van der Waals surface area contributed by atoms with E-state index in [1.165, 1.54) is 0 Å². The number of amides is 2. The van der Waals surface area contributed by atoms with Crippen LogP contribution in [0.4, 0.5) is 0 Å². The fourth-order valence-electron chi connectivity index (χ4n) is 3.63. The molecule has 0 radical (unpaired) electrons. The Labute approximate surface area is 152 Å². The quantitative estimate of drug-likeness (QED) is 0.531. The molecule has 2 aliphatic carbocycles. The van der Waals surface area contributed by atoms with Gasteiger partial charge in [-0.1, -0.05) is 12.8 Å². The predicted molar refractivity (Wildman–Crippen MR) is 91.3 cm³/mol. The van der Waals surface area contributed by atoms with Gasteiger partial charge in [-0.15, -0.1) is 0 Å². The molecule has 0 saturated heterocycles. The monoisotopic (exact) mass is 366 g/mol. The normalized spacial score (nSPS) is 21.7. The van der Waals surface area contributed by atoms with Gasteiger partial charge >= 0.3 is 11.9 Å². The third kappa shape index (κ3) is 4.62. The van der Waals surface area contributed by atoms with Crippen molar-refractivity contribution in [1.29, 1.82) is 0 Å². The van der Waals surface area contributed by atoms with E-state index in [1.807, 2.05) is 0 Å². The highest BCUT2D eigenvalue weighted by molar-refractivity contribution is 5.95. The Morgan fingerprint density at radius 1 is 0.615 bits per heavy atom. The summed E-state index contributed by atoms with van der Waals surface area (Å²) in [7, 11) is 0. The second-order valence-corrected chi connectivity index (χ2v) is 7.01. The van der Waals surface area contributed by atoms with Crippen LogP contribution in [0.2, 0.25) is 0 Å². The zero-order chi connectivity index (χ0) is 19.2. The van der Waals surface area contributed by atoms with Crippen LogP contribution in [-0.2, 0) is 28.7 Å². The maximum absolute atomic E-state index is 12.0. The minimum Gasteiger partial charge on any atom is -0.446 e. The molecular weight excluding hydrogens is 340 g/mol. The average Bonchev–Trinajstić information content (AvgIpc) is 2.61. The number of rotatable bonds is 6. The maximum Gasteiger partial charge on any atom is 0.332 e. The summed E-state index contributed by atoms with van der Waals surface area (Å²) in [5.41, 5.74) is 8.16. The lowest BCUT2D eigenvalue weighted by Gasteiger charge is -2.33.